The maximum atomic E-state index is 12.1. The number of anilines is 4. The van der Waals surface area contributed by atoms with E-state index in [1.807, 2.05) is 0 Å². The molecule has 2 rings (SSSR count). The third-order valence-corrected chi connectivity index (χ3v) is 3.64. The second-order valence-corrected chi connectivity index (χ2v) is 5.33. The van der Waals surface area contributed by atoms with Gasteiger partial charge in [0.25, 0.3) is 10.0 Å². The van der Waals surface area contributed by atoms with Crippen molar-refractivity contribution in [3.8, 4) is 0 Å². The number of hydrogen-bond donors (Lipinski definition) is 4. The molecule has 1 aromatic heterocycles. The second kappa shape index (κ2) is 4.61. The molecular weight excluding hydrogens is 268 g/mol. The maximum Gasteiger partial charge on any atom is 0.262 e. The zero-order chi connectivity index (χ0) is 14.0. The number of aromatic nitrogens is 2. The van der Waals surface area contributed by atoms with Crippen molar-refractivity contribution in [3.05, 3.63) is 30.3 Å². The van der Waals surface area contributed by atoms with Crippen molar-refractivity contribution in [1.82, 2.24) is 9.97 Å². The highest BCUT2D eigenvalue weighted by Gasteiger charge is 2.18. The lowest BCUT2D eigenvalue weighted by molar-refractivity contribution is 0.601. The van der Waals surface area contributed by atoms with Gasteiger partial charge in [0, 0.05) is 0 Å². The largest absolute Gasteiger partial charge is 0.382 e. The Bertz CT molecular complexity index is 678. The molecule has 0 fully saturated rings. The van der Waals surface area contributed by atoms with Crippen LogP contribution in [0.3, 0.4) is 0 Å². The third kappa shape index (κ3) is 2.65. The van der Waals surface area contributed by atoms with Crippen LogP contribution < -0.4 is 21.9 Å². The van der Waals surface area contributed by atoms with Crippen LogP contribution in [0.5, 0.6) is 0 Å². The van der Waals surface area contributed by atoms with Crippen molar-refractivity contribution in [2.24, 2.45) is 0 Å². The zero-order valence-electron chi connectivity index (χ0n) is 9.74. The normalized spacial score (nSPS) is 11.2. The molecule has 0 aliphatic heterocycles. The standard InChI is InChI=1S/C10H12N6O2S/c11-8-7(9(12)15-10(13)14-8)16-19(17,18)6-4-2-1-3-5-6/h1-5,16H,(H6,11,12,13,14,15). The molecule has 7 N–H and O–H groups in total. The van der Waals surface area contributed by atoms with Crippen molar-refractivity contribution in [2.75, 3.05) is 21.9 Å². The van der Waals surface area contributed by atoms with Gasteiger partial charge in [-0.25, -0.2) is 8.42 Å². The molecule has 0 bridgehead atoms. The molecule has 8 nitrogen and oxygen atoms in total. The molecule has 1 heterocycles. The molecule has 0 aliphatic rings. The average molecular weight is 280 g/mol. The molecule has 0 unspecified atom stereocenters. The Hall–Kier alpha value is -2.55. The predicted molar refractivity (Wildman–Crippen MR) is 72.5 cm³/mol. The molecule has 0 spiro atoms. The van der Waals surface area contributed by atoms with Crippen molar-refractivity contribution in [3.63, 3.8) is 0 Å². The summed E-state index contributed by atoms with van der Waals surface area (Å²) >= 11 is 0. The second-order valence-electron chi connectivity index (χ2n) is 3.65. The van der Waals surface area contributed by atoms with Crippen LogP contribution in [-0.4, -0.2) is 18.4 Å². The van der Waals surface area contributed by atoms with Gasteiger partial charge in [0.2, 0.25) is 5.95 Å². The average Bonchev–Trinajstić information content (AvgIpc) is 2.35. The van der Waals surface area contributed by atoms with Gasteiger partial charge >= 0.3 is 0 Å². The van der Waals surface area contributed by atoms with Crippen molar-refractivity contribution in [1.29, 1.82) is 0 Å². The molecule has 19 heavy (non-hydrogen) atoms. The minimum atomic E-state index is -3.80. The Kier molecular flexibility index (Phi) is 3.13. The topological polar surface area (TPSA) is 150 Å². The lowest BCUT2D eigenvalue weighted by atomic mass is 10.4. The van der Waals surface area contributed by atoms with Gasteiger partial charge in [0.1, 0.15) is 5.69 Å². The summed E-state index contributed by atoms with van der Waals surface area (Å²) in [6, 6.07) is 7.77. The highest BCUT2D eigenvalue weighted by molar-refractivity contribution is 7.92. The van der Waals surface area contributed by atoms with Crippen LogP contribution in [0.1, 0.15) is 0 Å². The first kappa shape index (κ1) is 12.9. The summed E-state index contributed by atoms with van der Waals surface area (Å²) in [6.45, 7) is 0. The fourth-order valence-corrected chi connectivity index (χ4v) is 2.52. The Morgan fingerprint density at radius 1 is 0.947 bits per heavy atom. The predicted octanol–water partition coefficient (Wildman–Crippen LogP) is 0.0240. The summed E-state index contributed by atoms with van der Waals surface area (Å²) < 4.78 is 26.4. The van der Waals surface area contributed by atoms with E-state index in [1.165, 1.54) is 12.1 Å². The summed E-state index contributed by atoms with van der Waals surface area (Å²) in [5, 5.41) is 0. The first-order valence-corrected chi connectivity index (χ1v) is 6.65. The summed E-state index contributed by atoms with van der Waals surface area (Å²) in [4.78, 5) is 7.37. The lowest BCUT2D eigenvalue weighted by Crippen LogP contribution is -2.17. The summed E-state index contributed by atoms with van der Waals surface area (Å²) in [5.41, 5.74) is 16.4. The molecule has 0 saturated carbocycles. The highest BCUT2D eigenvalue weighted by atomic mass is 32.2. The maximum absolute atomic E-state index is 12.1. The summed E-state index contributed by atoms with van der Waals surface area (Å²) in [5.74, 6) is -0.397. The number of nitrogens with one attached hydrogen (secondary N) is 1. The molecule has 0 amide bonds. The SMILES string of the molecule is Nc1nc(N)c(NS(=O)(=O)c2ccccc2)c(N)n1. The molecule has 0 saturated heterocycles. The molecule has 9 heteroatoms. The Balaban J connectivity index is 2.42. The number of nitrogen functional groups attached to an aromatic ring is 3. The number of benzene rings is 1. The van der Waals surface area contributed by atoms with E-state index in [1.54, 1.807) is 18.2 Å². The van der Waals surface area contributed by atoms with Crippen LogP contribution in [-0.2, 0) is 10.0 Å². The quantitative estimate of drug-likeness (QED) is 0.619. The monoisotopic (exact) mass is 280 g/mol. The van der Waals surface area contributed by atoms with E-state index in [0.717, 1.165) is 0 Å². The first-order valence-electron chi connectivity index (χ1n) is 5.16. The van der Waals surface area contributed by atoms with E-state index in [-0.39, 0.29) is 28.2 Å². The van der Waals surface area contributed by atoms with Gasteiger partial charge in [-0.3, -0.25) is 4.72 Å². The fourth-order valence-electron chi connectivity index (χ4n) is 1.41. The van der Waals surface area contributed by atoms with Gasteiger partial charge in [-0.1, -0.05) is 18.2 Å². The van der Waals surface area contributed by atoms with E-state index in [9.17, 15) is 8.42 Å². The van der Waals surface area contributed by atoms with Crippen LogP contribution in [0, 0.1) is 0 Å². The number of sulfonamides is 1. The van der Waals surface area contributed by atoms with Gasteiger partial charge in [-0.2, -0.15) is 9.97 Å². The van der Waals surface area contributed by atoms with Crippen LogP contribution in [0.25, 0.3) is 0 Å². The van der Waals surface area contributed by atoms with Gasteiger partial charge in [0.05, 0.1) is 4.90 Å². The van der Waals surface area contributed by atoms with E-state index >= 15 is 0 Å². The Labute approximate surface area is 109 Å². The first-order chi connectivity index (χ1) is 8.90. The molecular formula is C10H12N6O2S. The van der Waals surface area contributed by atoms with Crippen LogP contribution in [0.4, 0.5) is 23.3 Å². The van der Waals surface area contributed by atoms with Gasteiger partial charge in [-0.15, -0.1) is 0 Å². The Morgan fingerprint density at radius 2 is 1.47 bits per heavy atom. The van der Waals surface area contributed by atoms with E-state index < -0.39 is 10.0 Å². The van der Waals surface area contributed by atoms with Crippen LogP contribution in [0.15, 0.2) is 35.2 Å². The molecule has 2 aromatic rings. The Morgan fingerprint density at radius 3 is 2.00 bits per heavy atom. The number of nitrogens with zero attached hydrogens (tertiary/aromatic N) is 2. The lowest BCUT2D eigenvalue weighted by Gasteiger charge is -2.11. The summed E-state index contributed by atoms with van der Waals surface area (Å²) in [6.07, 6.45) is 0. The molecule has 0 radical (unpaired) electrons. The van der Waals surface area contributed by atoms with Crippen molar-refractivity contribution >= 4 is 33.3 Å². The molecule has 100 valence electrons. The van der Waals surface area contributed by atoms with Crippen LogP contribution >= 0.6 is 0 Å². The summed E-state index contributed by atoms with van der Waals surface area (Å²) in [7, 11) is -3.80. The van der Waals surface area contributed by atoms with E-state index in [4.69, 9.17) is 17.2 Å². The van der Waals surface area contributed by atoms with E-state index in [2.05, 4.69) is 14.7 Å². The van der Waals surface area contributed by atoms with Crippen molar-refractivity contribution in [2.45, 2.75) is 4.90 Å². The number of hydrogen-bond acceptors (Lipinski definition) is 7. The molecule has 0 atom stereocenters. The number of rotatable bonds is 3. The smallest absolute Gasteiger partial charge is 0.262 e. The van der Waals surface area contributed by atoms with Gasteiger partial charge < -0.3 is 17.2 Å². The third-order valence-electron chi connectivity index (χ3n) is 2.27. The van der Waals surface area contributed by atoms with Gasteiger partial charge in [0.15, 0.2) is 11.6 Å². The minimum Gasteiger partial charge on any atom is -0.382 e. The van der Waals surface area contributed by atoms with Gasteiger partial charge in [-0.05, 0) is 12.1 Å². The molecule has 1 aromatic carbocycles. The minimum absolute atomic E-state index is 0.0747. The van der Waals surface area contributed by atoms with Crippen LogP contribution in [0.2, 0.25) is 0 Å². The molecule has 0 aliphatic carbocycles. The van der Waals surface area contributed by atoms with Crippen molar-refractivity contribution < 1.29 is 8.42 Å². The zero-order valence-corrected chi connectivity index (χ0v) is 10.6. The number of nitrogens with two attached hydrogens (primary N) is 3. The highest BCUT2D eigenvalue weighted by Crippen LogP contribution is 2.26. The fraction of sp³-hybridized carbons (Fsp3) is 0. The van der Waals surface area contributed by atoms with E-state index in [0.29, 0.717) is 0 Å².